The molecule has 0 aliphatic carbocycles. The Labute approximate surface area is 140 Å². The fourth-order valence-electron chi connectivity index (χ4n) is 1.41. The van der Waals surface area contributed by atoms with Crippen LogP contribution in [0.1, 0.15) is 20.8 Å². The van der Waals surface area contributed by atoms with Crippen molar-refractivity contribution in [2.45, 2.75) is 26.4 Å². The Morgan fingerprint density at radius 2 is 1.50 bits per heavy atom. The summed E-state index contributed by atoms with van der Waals surface area (Å²) in [4.78, 5) is 21.6. The van der Waals surface area contributed by atoms with Crippen LogP contribution in [0.2, 0.25) is 0 Å². The molecular weight excluding hydrogens is 371 g/mol. The van der Waals surface area contributed by atoms with E-state index in [9.17, 15) is 4.79 Å². The predicted molar refractivity (Wildman–Crippen MR) is 94.0 cm³/mol. The number of hydrogen-bond acceptors (Lipinski definition) is 3. The van der Waals surface area contributed by atoms with Crippen LogP contribution in [0.5, 0.6) is 0 Å². The van der Waals surface area contributed by atoms with E-state index in [2.05, 4.69) is 4.99 Å². The molecular formula is C13H29IN4O2. The van der Waals surface area contributed by atoms with Gasteiger partial charge in [-0.2, -0.15) is 0 Å². The number of amides is 1. The smallest absolute Gasteiger partial charge is 0.410 e. The van der Waals surface area contributed by atoms with Crippen molar-refractivity contribution in [2.75, 3.05) is 48.3 Å². The molecule has 6 nitrogen and oxygen atoms in total. The van der Waals surface area contributed by atoms with Gasteiger partial charge < -0.3 is 19.4 Å². The summed E-state index contributed by atoms with van der Waals surface area (Å²) in [5.41, 5.74) is -0.465. The first-order valence-electron chi connectivity index (χ1n) is 6.38. The Balaban J connectivity index is 0. The number of rotatable bonds is 3. The van der Waals surface area contributed by atoms with Gasteiger partial charge in [0.05, 0.1) is 6.54 Å². The minimum absolute atomic E-state index is 0. The SMILES string of the molecule is CN(C)C(=NCCN(C)C(=O)OC(C)(C)C)N(C)C.I. The van der Waals surface area contributed by atoms with Gasteiger partial charge in [-0.15, -0.1) is 24.0 Å². The van der Waals surface area contributed by atoms with Crippen LogP contribution in [-0.2, 0) is 4.74 Å². The predicted octanol–water partition coefficient (Wildman–Crippen LogP) is 1.95. The van der Waals surface area contributed by atoms with Crippen LogP contribution in [-0.4, -0.2) is 80.7 Å². The number of likely N-dealkylation sites (N-methyl/N-ethyl adjacent to an activating group) is 1. The molecule has 120 valence electrons. The highest BCUT2D eigenvalue weighted by Crippen LogP contribution is 2.08. The summed E-state index contributed by atoms with van der Waals surface area (Å²) in [5, 5.41) is 0. The first kappa shape index (κ1) is 21.6. The molecule has 0 aliphatic heterocycles. The molecule has 0 aromatic heterocycles. The van der Waals surface area contributed by atoms with Crippen LogP contribution in [0.3, 0.4) is 0 Å². The molecule has 0 fully saturated rings. The minimum atomic E-state index is -0.465. The van der Waals surface area contributed by atoms with E-state index in [1.54, 1.807) is 7.05 Å². The number of halogens is 1. The van der Waals surface area contributed by atoms with Crippen molar-refractivity contribution in [1.29, 1.82) is 0 Å². The summed E-state index contributed by atoms with van der Waals surface area (Å²) in [6, 6.07) is 0. The third-order valence-electron chi connectivity index (χ3n) is 2.19. The molecule has 20 heavy (non-hydrogen) atoms. The summed E-state index contributed by atoms with van der Waals surface area (Å²) < 4.78 is 5.27. The monoisotopic (exact) mass is 400 g/mol. The number of nitrogens with zero attached hydrogens (tertiary/aromatic N) is 4. The van der Waals surface area contributed by atoms with Gasteiger partial charge in [0.1, 0.15) is 5.60 Å². The first-order chi connectivity index (χ1) is 8.54. The summed E-state index contributed by atoms with van der Waals surface area (Å²) in [7, 11) is 9.48. The van der Waals surface area contributed by atoms with Crippen molar-refractivity contribution >= 4 is 36.0 Å². The fraction of sp³-hybridized carbons (Fsp3) is 0.846. The van der Waals surface area contributed by atoms with E-state index in [4.69, 9.17) is 4.74 Å². The largest absolute Gasteiger partial charge is 0.444 e. The van der Waals surface area contributed by atoms with Crippen molar-refractivity contribution in [1.82, 2.24) is 14.7 Å². The molecule has 0 unspecified atom stereocenters. The van der Waals surface area contributed by atoms with Gasteiger partial charge in [0.25, 0.3) is 0 Å². The van der Waals surface area contributed by atoms with Crippen LogP contribution in [0.4, 0.5) is 4.79 Å². The molecule has 0 aromatic carbocycles. The average Bonchev–Trinajstić information content (AvgIpc) is 2.20. The van der Waals surface area contributed by atoms with E-state index in [0.717, 1.165) is 5.96 Å². The molecule has 0 rings (SSSR count). The number of hydrogen-bond donors (Lipinski definition) is 0. The molecule has 7 heteroatoms. The molecule has 1 amide bonds. The second-order valence-electron chi connectivity index (χ2n) is 5.87. The maximum atomic E-state index is 11.7. The number of ether oxygens (including phenoxy) is 1. The van der Waals surface area contributed by atoms with Crippen LogP contribution < -0.4 is 0 Å². The first-order valence-corrected chi connectivity index (χ1v) is 6.38. The zero-order chi connectivity index (χ0) is 15.2. The lowest BCUT2D eigenvalue weighted by Crippen LogP contribution is -2.38. The number of carbonyl (C=O) groups excluding carboxylic acids is 1. The Morgan fingerprint density at radius 1 is 1.05 bits per heavy atom. The van der Waals surface area contributed by atoms with Crippen molar-refractivity contribution in [3.8, 4) is 0 Å². The van der Waals surface area contributed by atoms with Gasteiger partial charge in [-0.3, -0.25) is 4.99 Å². The summed E-state index contributed by atoms with van der Waals surface area (Å²) in [6.07, 6.45) is -0.320. The van der Waals surface area contributed by atoms with Gasteiger partial charge >= 0.3 is 6.09 Å². The van der Waals surface area contributed by atoms with E-state index in [1.165, 1.54) is 4.90 Å². The second-order valence-corrected chi connectivity index (χ2v) is 5.87. The van der Waals surface area contributed by atoms with E-state index in [1.807, 2.05) is 58.8 Å². The lowest BCUT2D eigenvalue weighted by Gasteiger charge is -2.25. The molecule has 0 spiro atoms. The molecule has 0 N–H and O–H groups in total. The molecule has 0 radical (unpaired) electrons. The number of guanidine groups is 1. The normalized spacial score (nSPS) is 10.2. The zero-order valence-corrected chi connectivity index (χ0v) is 16.3. The van der Waals surface area contributed by atoms with Crippen molar-refractivity contribution in [3.05, 3.63) is 0 Å². The topological polar surface area (TPSA) is 48.4 Å². The Hall–Kier alpha value is -0.730. The zero-order valence-electron chi connectivity index (χ0n) is 13.9. The van der Waals surface area contributed by atoms with Crippen LogP contribution in [0, 0.1) is 0 Å². The Morgan fingerprint density at radius 3 is 1.85 bits per heavy atom. The van der Waals surface area contributed by atoms with Crippen molar-refractivity contribution < 1.29 is 9.53 Å². The van der Waals surface area contributed by atoms with Gasteiger partial charge in [-0.25, -0.2) is 4.79 Å². The third kappa shape index (κ3) is 9.22. The standard InChI is InChI=1S/C13H28N4O2.HI/c1-13(2,3)19-12(18)17(8)10-9-14-11(15(4)5)16(6)7;/h9-10H2,1-8H3;1H. The van der Waals surface area contributed by atoms with Crippen LogP contribution >= 0.6 is 24.0 Å². The van der Waals surface area contributed by atoms with Crippen molar-refractivity contribution in [3.63, 3.8) is 0 Å². The minimum Gasteiger partial charge on any atom is -0.444 e. The highest BCUT2D eigenvalue weighted by atomic mass is 127. The van der Waals surface area contributed by atoms with Gasteiger partial charge in [-0.05, 0) is 20.8 Å². The van der Waals surface area contributed by atoms with Gasteiger partial charge in [0.2, 0.25) is 0 Å². The molecule has 0 aliphatic rings. The lowest BCUT2D eigenvalue weighted by atomic mass is 10.2. The second kappa shape index (κ2) is 9.25. The maximum Gasteiger partial charge on any atom is 0.410 e. The van der Waals surface area contributed by atoms with Gasteiger partial charge in [0, 0.05) is 41.8 Å². The summed E-state index contributed by atoms with van der Waals surface area (Å²) in [5.74, 6) is 0.873. The molecule has 0 atom stereocenters. The molecule has 0 aromatic rings. The Kier molecular flexibility index (Phi) is 9.98. The van der Waals surface area contributed by atoms with Gasteiger partial charge in [-0.1, -0.05) is 0 Å². The lowest BCUT2D eigenvalue weighted by molar-refractivity contribution is 0.0304. The van der Waals surface area contributed by atoms with E-state index < -0.39 is 5.60 Å². The quantitative estimate of drug-likeness (QED) is 0.413. The molecule has 0 bridgehead atoms. The van der Waals surface area contributed by atoms with E-state index in [-0.39, 0.29) is 30.1 Å². The van der Waals surface area contributed by atoms with Crippen LogP contribution in [0.15, 0.2) is 4.99 Å². The highest BCUT2D eigenvalue weighted by Gasteiger charge is 2.19. The van der Waals surface area contributed by atoms with Crippen molar-refractivity contribution in [2.24, 2.45) is 4.99 Å². The van der Waals surface area contributed by atoms with Gasteiger partial charge in [0.15, 0.2) is 5.96 Å². The molecule has 0 saturated carbocycles. The van der Waals surface area contributed by atoms with E-state index >= 15 is 0 Å². The van der Waals surface area contributed by atoms with Crippen LogP contribution in [0.25, 0.3) is 0 Å². The summed E-state index contributed by atoms with van der Waals surface area (Å²) in [6.45, 7) is 6.63. The summed E-state index contributed by atoms with van der Waals surface area (Å²) >= 11 is 0. The fourth-order valence-corrected chi connectivity index (χ4v) is 1.41. The average molecular weight is 400 g/mol. The van der Waals surface area contributed by atoms with E-state index in [0.29, 0.717) is 13.1 Å². The highest BCUT2D eigenvalue weighted by molar-refractivity contribution is 14.0. The number of carbonyl (C=O) groups is 1. The molecule has 0 heterocycles. The third-order valence-corrected chi connectivity index (χ3v) is 2.19. The number of aliphatic imine (C=N–C) groups is 1. The molecule has 0 saturated heterocycles. The Bertz CT molecular complexity index is 315. The maximum absolute atomic E-state index is 11.7.